The van der Waals surface area contributed by atoms with Crippen molar-refractivity contribution in [3.05, 3.63) is 17.5 Å². The van der Waals surface area contributed by atoms with E-state index in [-0.39, 0.29) is 6.17 Å². The zero-order valence-corrected chi connectivity index (χ0v) is 7.33. The molecule has 0 aliphatic rings. The van der Waals surface area contributed by atoms with E-state index in [1.807, 2.05) is 24.7 Å². The summed E-state index contributed by atoms with van der Waals surface area (Å²) >= 11 is 0. The van der Waals surface area contributed by atoms with Gasteiger partial charge in [-0.25, -0.2) is 0 Å². The smallest absolute Gasteiger partial charge is 0.0988 e. The summed E-state index contributed by atoms with van der Waals surface area (Å²) in [5.74, 6) is 0. The standard InChI is InChI=1S/C8H15N3/c1-4-8(9)11-7(3)6(2)5-10-11/h5,8H,4,9H2,1-3H3. The summed E-state index contributed by atoms with van der Waals surface area (Å²) in [5.41, 5.74) is 8.18. The second-order valence-electron chi connectivity index (χ2n) is 2.83. The van der Waals surface area contributed by atoms with Crippen molar-refractivity contribution in [2.75, 3.05) is 0 Å². The summed E-state index contributed by atoms with van der Waals surface area (Å²) in [6.07, 6.45) is 2.80. The van der Waals surface area contributed by atoms with Gasteiger partial charge in [0.25, 0.3) is 0 Å². The Morgan fingerprint density at radius 2 is 2.27 bits per heavy atom. The van der Waals surface area contributed by atoms with Gasteiger partial charge in [0.2, 0.25) is 0 Å². The van der Waals surface area contributed by atoms with Gasteiger partial charge in [0.05, 0.1) is 12.4 Å². The van der Waals surface area contributed by atoms with E-state index in [2.05, 4.69) is 12.0 Å². The summed E-state index contributed by atoms with van der Waals surface area (Å²) in [4.78, 5) is 0. The molecule has 0 radical (unpaired) electrons. The first-order valence-corrected chi connectivity index (χ1v) is 3.93. The maximum atomic E-state index is 5.81. The van der Waals surface area contributed by atoms with Crippen molar-refractivity contribution in [1.82, 2.24) is 9.78 Å². The Morgan fingerprint density at radius 3 is 2.64 bits per heavy atom. The van der Waals surface area contributed by atoms with Crippen LogP contribution in [-0.4, -0.2) is 9.78 Å². The topological polar surface area (TPSA) is 43.8 Å². The minimum atomic E-state index is 0.0312. The molecule has 0 bridgehead atoms. The summed E-state index contributed by atoms with van der Waals surface area (Å²) in [7, 11) is 0. The lowest BCUT2D eigenvalue weighted by Gasteiger charge is -2.11. The maximum absolute atomic E-state index is 5.81. The Hall–Kier alpha value is -0.830. The predicted octanol–water partition coefficient (Wildman–Crippen LogP) is 1.37. The van der Waals surface area contributed by atoms with Crippen molar-refractivity contribution in [3.8, 4) is 0 Å². The molecular weight excluding hydrogens is 138 g/mol. The van der Waals surface area contributed by atoms with Crippen LogP contribution >= 0.6 is 0 Å². The molecule has 1 atom stereocenters. The molecule has 0 spiro atoms. The van der Waals surface area contributed by atoms with Crippen LogP contribution in [0.25, 0.3) is 0 Å². The highest BCUT2D eigenvalue weighted by Gasteiger charge is 2.06. The van der Waals surface area contributed by atoms with Gasteiger partial charge in [0.1, 0.15) is 0 Å². The Balaban J connectivity index is 2.94. The molecule has 0 aliphatic carbocycles. The van der Waals surface area contributed by atoms with Gasteiger partial charge in [-0.2, -0.15) is 5.10 Å². The van der Waals surface area contributed by atoms with Gasteiger partial charge in [-0.05, 0) is 25.8 Å². The Bertz CT molecular complexity index is 239. The summed E-state index contributed by atoms with van der Waals surface area (Å²) < 4.78 is 1.87. The first-order valence-electron chi connectivity index (χ1n) is 3.93. The quantitative estimate of drug-likeness (QED) is 0.697. The van der Waals surface area contributed by atoms with E-state index in [9.17, 15) is 0 Å². The summed E-state index contributed by atoms with van der Waals surface area (Å²) in [6.45, 7) is 6.14. The van der Waals surface area contributed by atoms with Crippen LogP contribution in [0.1, 0.15) is 30.8 Å². The normalized spacial score (nSPS) is 13.5. The Labute approximate surface area is 67.2 Å². The first kappa shape index (κ1) is 8.27. The zero-order chi connectivity index (χ0) is 8.43. The molecule has 0 fully saturated rings. The van der Waals surface area contributed by atoms with E-state index in [1.54, 1.807) is 0 Å². The van der Waals surface area contributed by atoms with Crippen LogP contribution in [0.3, 0.4) is 0 Å². The zero-order valence-electron chi connectivity index (χ0n) is 7.33. The van der Waals surface area contributed by atoms with Crippen LogP contribution in [0.2, 0.25) is 0 Å². The lowest BCUT2D eigenvalue weighted by Crippen LogP contribution is -2.19. The molecule has 1 heterocycles. The molecule has 1 unspecified atom stereocenters. The molecule has 0 saturated heterocycles. The number of rotatable bonds is 2. The third kappa shape index (κ3) is 1.43. The largest absolute Gasteiger partial charge is 0.310 e. The van der Waals surface area contributed by atoms with E-state index in [4.69, 9.17) is 5.73 Å². The van der Waals surface area contributed by atoms with Crippen molar-refractivity contribution >= 4 is 0 Å². The van der Waals surface area contributed by atoms with Crippen LogP contribution in [-0.2, 0) is 0 Å². The Kier molecular flexibility index (Phi) is 2.29. The van der Waals surface area contributed by atoms with E-state index in [0.717, 1.165) is 6.42 Å². The Morgan fingerprint density at radius 1 is 1.64 bits per heavy atom. The molecule has 0 aliphatic heterocycles. The molecule has 1 aromatic heterocycles. The van der Waals surface area contributed by atoms with Gasteiger partial charge in [-0.3, -0.25) is 4.68 Å². The van der Waals surface area contributed by atoms with Crippen LogP contribution in [0.5, 0.6) is 0 Å². The lowest BCUT2D eigenvalue weighted by atomic mass is 10.3. The van der Waals surface area contributed by atoms with Crippen molar-refractivity contribution in [2.45, 2.75) is 33.4 Å². The van der Waals surface area contributed by atoms with Crippen LogP contribution in [0.15, 0.2) is 6.20 Å². The number of hydrogen-bond acceptors (Lipinski definition) is 2. The third-order valence-electron chi connectivity index (χ3n) is 2.02. The monoisotopic (exact) mass is 153 g/mol. The van der Waals surface area contributed by atoms with Crippen molar-refractivity contribution < 1.29 is 0 Å². The number of nitrogens with zero attached hydrogens (tertiary/aromatic N) is 2. The second kappa shape index (κ2) is 3.05. The summed E-state index contributed by atoms with van der Waals surface area (Å²) in [6, 6.07) is 0. The average Bonchev–Trinajstić information content (AvgIpc) is 2.32. The molecule has 1 rings (SSSR count). The SMILES string of the molecule is CCC(N)n1ncc(C)c1C. The van der Waals surface area contributed by atoms with Crippen molar-refractivity contribution in [3.63, 3.8) is 0 Å². The van der Waals surface area contributed by atoms with E-state index in [1.165, 1.54) is 11.3 Å². The minimum absolute atomic E-state index is 0.0312. The summed E-state index contributed by atoms with van der Waals surface area (Å²) in [5, 5.41) is 4.18. The molecule has 2 N–H and O–H groups in total. The molecule has 3 heteroatoms. The highest BCUT2D eigenvalue weighted by atomic mass is 15.3. The first-order chi connectivity index (χ1) is 5.16. The van der Waals surface area contributed by atoms with E-state index < -0.39 is 0 Å². The van der Waals surface area contributed by atoms with E-state index >= 15 is 0 Å². The van der Waals surface area contributed by atoms with Crippen LogP contribution in [0, 0.1) is 13.8 Å². The van der Waals surface area contributed by atoms with E-state index in [0.29, 0.717) is 0 Å². The molecular formula is C8H15N3. The molecule has 0 saturated carbocycles. The predicted molar refractivity (Wildman–Crippen MR) is 45.2 cm³/mol. The van der Waals surface area contributed by atoms with Gasteiger partial charge in [-0.1, -0.05) is 6.92 Å². The lowest BCUT2D eigenvalue weighted by molar-refractivity contribution is 0.446. The van der Waals surface area contributed by atoms with Gasteiger partial charge < -0.3 is 5.73 Å². The fraction of sp³-hybridized carbons (Fsp3) is 0.625. The highest BCUT2D eigenvalue weighted by molar-refractivity contribution is 5.13. The fourth-order valence-corrected chi connectivity index (χ4v) is 1.02. The van der Waals surface area contributed by atoms with Crippen molar-refractivity contribution in [1.29, 1.82) is 0 Å². The molecule has 3 nitrogen and oxygen atoms in total. The molecule has 11 heavy (non-hydrogen) atoms. The van der Waals surface area contributed by atoms with Crippen LogP contribution in [0.4, 0.5) is 0 Å². The maximum Gasteiger partial charge on any atom is 0.0988 e. The number of nitrogens with two attached hydrogens (primary N) is 1. The fourth-order valence-electron chi connectivity index (χ4n) is 1.02. The average molecular weight is 153 g/mol. The number of aromatic nitrogens is 2. The molecule has 0 amide bonds. The van der Waals surface area contributed by atoms with Gasteiger partial charge >= 0.3 is 0 Å². The van der Waals surface area contributed by atoms with Gasteiger partial charge in [0.15, 0.2) is 0 Å². The molecule has 62 valence electrons. The second-order valence-corrected chi connectivity index (χ2v) is 2.83. The van der Waals surface area contributed by atoms with Crippen LogP contribution < -0.4 is 5.73 Å². The number of hydrogen-bond donors (Lipinski definition) is 1. The van der Waals surface area contributed by atoms with Crippen molar-refractivity contribution in [2.24, 2.45) is 5.73 Å². The molecule has 0 aromatic carbocycles. The minimum Gasteiger partial charge on any atom is -0.310 e. The van der Waals surface area contributed by atoms with Gasteiger partial charge in [-0.15, -0.1) is 0 Å². The third-order valence-corrected chi connectivity index (χ3v) is 2.02. The molecule has 1 aromatic rings. The number of aryl methyl sites for hydroxylation is 1. The highest BCUT2D eigenvalue weighted by Crippen LogP contribution is 2.10. The van der Waals surface area contributed by atoms with Gasteiger partial charge in [0, 0.05) is 5.69 Å².